The van der Waals surface area contributed by atoms with Gasteiger partial charge in [0.2, 0.25) is 5.91 Å². The van der Waals surface area contributed by atoms with E-state index in [2.05, 4.69) is 20.9 Å². The summed E-state index contributed by atoms with van der Waals surface area (Å²) < 4.78 is 0. The summed E-state index contributed by atoms with van der Waals surface area (Å²) >= 11 is 21.0. The molecule has 6 rings (SSSR count). The Hall–Kier alpha value is -4.90. The van der Waals surface area contributed by atoms with Crippen molar-refractivity contribution in [2.24, 2.45) is 0 Å². The lowest BCUT2D eigenvalue weighted by Gasteiger charge is -2.17. The molecule has 0 aliphatic heterocycles. The summed E-state index contributed by atoms with van der Waals surface area (Å²) in [5.74, 6) is -1.18. The van der Waals surface area contributed by atoms with Crippen molar-refractivity contribution in [1.29, 1.82) is 0 Å². The average Bonchev–Trinajstić information content (AvgIpc) is 3.62. The second-order valence-electron chi connectivity index (χ2n) is 11.0. The third-order valence-electron chi connectivity index (χ3n) is 7.37. The summed E-state index contributed by atoms with van der Waals surface area (Å²) in [5, 5.41) is 11.7. The second-order valence-corrected chi connectivity index (χ2v) is 14.3. The number of anilines is 2. The number of nitrogens with zero attached hydrogens (tertiary/aromatic N) is 1. The van der Waals surface area contributed by atoms with E-state index in [4.69, 9.17) is 34.8 Å². The minimum atomic E-state index is -0.605. The van der Waals surface area contributed by atoms with Crippen LogP contribution >= 0.6 is 57.9 Å². The van der Waals surface area contributed by atoms with Crippen LogP contribution in [0.1, 0.15) is 26.7 Å². The Balaban J connectivity index is 1.17. The number of aromatic nitrogens is 1. The van der Waals surface area contributed by atoms with E-state index in [-0.39, 0.29) is 11.6 Å². The molecule has 1 unspecified atom stereocenters. The van der Waals surface area contributed by atoms with Gasteiger partial charge in [-0.3, -0.25) is 14.4 Å². The van der Waals surface area contributed by atoms with Crippen molar-refractivity contribution >= 4 is 92.5 Å². The lowest BCUT2D eigenvalue weighted by molar-refractivity contribution is -0.116. The number of nitrogens with one attached hydrogen (secondary N) is 3. The average molecular weight is 770 g/mol. The molecule has 0 spiro atoms. The Morgan fingerprint density at radius 1 is 0.745 bits per heavy atom. The van der Waals surface area contributed by atoms with Crippen molar-refractivity contribution in [1.82, 2.24) is 10.3 Å². The van der Waals surface area contributed by atoms with Gasteiger partial charge in [0, 0.05) is 32.1 Å². The minimum absolute atomic E-state index is 0.0509. The van der Waals surface area contributed by atoms with Gasteiger partial charge in [0.15, 0.2) is 5.13 Å². The van der Waals surface area contributed by atoms with Gasteiger partial charge in [-0.05, 0) is 77.9 Å². The zero-order valence-electron chi connectivity index (χ0n) is 26.5. The van der Waals surface area contributed by atoms with E-state index in [1.807, 2.05) is 53.9 Å². The Labute approximate surface area is 317 Å². The Morgan fingerprint density at radius 2 is 1.43 bits per heavy atom. The molecule has 0 saturated carbocycles. The maximum Gasteiger partial charge on any atom is 0.272 e. The number of hydrogen-bond donors (Lipinski definition) is 3. The fraction of sp³-hybridized carbons (Fsp3) is 0.0256. The van der Waals surface area contributed by atoms with Crippen LogP contribution < -0.4 is 16.0 Å². The standard InChI is InChI=1S/C39H27Cl3N4O3S2/c40-28-14-11-24(12-15-28)21-33(44-36(47)26-9-5-2-6-10-26)37(48)43-29-16-18-30(19-17-29)51-35(25-7-3-1-4-8-25)38(49)46-39-45-34(23-50-39)27-13-20-31(41)32(42)22-27/h1-23,35H,(H,43,48)(H,44,47)(H,45,46,49)/b33-21-. The highest BCUT2D eigenvalue weighted by molar-refractivity contribution is 8.00. The first kappa shape index (κ1) is 35.9. The molecule has 1 atom stereocenters. The fourth-order valence-electron chi connectivity index (χ4n) is 4.81. The smallest absolute Gasteiger partial charge is 0.272 e. The first-order chi connectivity index (χ1) is 24.7. The third kappa shape index (κ3) is 9.67. The van der Waals surface area contributed by atoms with Gasteiger partial charge in [0.1, 0.15) is 10.9 Å². The predicted octanol–water partition coefficient (Wildman–Crippen LogP) is 10.7. The lowest BCUT2D eigenvalue weighted by Crippen LogP contribution is -2.30. The zero-order valence-corrected chi connectivity index (χ0v) is 30.4. The van der Waals surface area contributed by atoms with Gasteiger partial charge in [-0.1, -0.05) is 102 Å². The summed E-state index contributed by atoms with van der Waals surface area (Å²) in [4.78, 5) is 45.6. The normalized spacial score (nSPS) is 11.8. The van der Waals surface area contributed by atoms with E-state index in [9.17, 15) is 14.4 Å². The van der Waals surface area contributed by atoms with Crippen molar-refractivity contribution in [3.63, 3.8) is 0 Å². The number of benzene rings is 5. The van der Waals surface area contributed by atoms with Crippen LogP contribution in [-0.2, 0) is 9.59 Å². The highest BCUT2D eigenvalue weighted by Crippen LogP contribution is 2.38. The van der Waals surface area contributed by atoms with Crippen LogP contribution in [0.4, 0.5) is 10.8 Å². The van der Waals surface area contributed by atoms with Crippen molar-refractivity contribution in [2.75, 3.05) is 10.6 Å². The van der Waals surface area contributed by atoms with Crippen LogP contribution in [0.3, 0.4) is 0 Å². The van der Waals surface area contributed by atoms with Gasteiger partial charge in [-0.15, -0.1) is 23.1 Å². The number of hydrogen-bond acceptors (Lipinski definition) is 6. The third-order valence-corrected chi connectivity index (χ3v) is 10.4. The summed E-state index contributed by atoms with van der Waals surface area (Å²) in [7, 11) is 0. The summed E-state index contributed by atoms with van der Waals surface area (Å²) in [6.07, 6.45) is 1.58. The fourth-order valence-corrected chi connectivity index (χ4v) is 6.98. The predicted molar refractivity (Wildman–Crippen MR) is 210 cm³/mol. The Kier molecular flexibility index (Phi) is 11.9. The van der Waals surface area contributed by atoms with E-state index in [0.717, 1.165) is 16.0 Å². The Bertz CT molecular complexity index is 2200. The minimum Gasteiger partial charge on any atom is -0.321 e. The first-order valence-electron chi connectivity index (χ1n) is 15.4. The molecular weight excluding hydrogens is 743 g/mol. The molecule has 0 radical (unpaired) electrons. The number of carbonyl (C=O) groups excluding carboxylic acids is 3. The van der Waals surface area contributed by atoms with Crippen molar-refractivity contribution in [3.8, 4) is 11.3 Å². The van der Waals surface area contributed by atoms with Gasteiger partial charge in [-0.2, -0.15) is 0 Å². The van der Waals surface area contributed by atoms with E-state index < -0.39 is 17.1 Å². The molecule has 5 aromatic carbocycles. The molecule has 12 heteroatoms. The monoisotopic (exact) mass is 768 g/mol. The SMILES string of the molecule is O=C(Nc1ccc(SC(C(=O)Nc2nc(-c3ccc(Cl)c(Cl)c3)cs2)c2ccccc2)cc1)/C(=C/c1ccc(Cl)cc1)NC(=O)c1ccccc1. The molecule has 0 saturated heterocycles. The summed E-state index contributed by atoms with van der Waals surface area (Å²) in [6.45, 7) is 0. The van der Waals surface area contributed by atoms with Crippen LogP contribution in [0.15, 0.2) is 143 Å². The molecule has 254 valence electrons. The molecule has 7 nitrogen and oxygen atoms in total. The molecule has 51 heavy (non-hydrogen) atoms. The molecule has 1 heterocycles. The molecule has 0 aliphatic rings. The maximum atomic E-state index is 13.7. The van der Waals surface area contributed by atoms with Gasteiger partial charge in [0.05, 0.1) is 15.7 Å². The molecule has 6 aromatic rings. The van der Waals surface area contributed by atoms with E-state index in [0.29, 0.717) is 42.7 Å². The number of thioether (sulfide) groups is 1. The summed E-state index contributed by atoms with van der Waals surface area (Å²) in [6, 6.07) is 37.4. The van der Waals surface area contributed by atoms with Gasteiger partial charge in [-0.25, -0.2) is 4.98 Å². The molecule has 3 N–H and O–H groups in total. The number of halogens is 3. The summed E-state index contributed by atoms with van der Waals surface area (Å²) in [5.41, 5.74) is 3.90. The van der Waals surface area contributed by atoms with E-state index in [1.165, 1.54) is 23.1 Å². The maximum absolute atomic E-state index is 13.7. The zero-order chi connectivity index (χ0) is 35.7. The van der Waals surface area contributed by atoms with Crippen molar-refractivity contribution in [2.45, 2.75) is 10.1 Å². The van der Waals surface area contributed by atoms with Crippen LogP contribution in [-0.4, -0.2) is 22.7 Å². The highest BCUT2D eigenvalue weighted by atomic mass is 35.5. The second kappa shape index (κ2) is 16.9. The molecule has 0 bridgehead atoms. The largest absolute Gasteiger partial charge is 0.321 e. The molecule has 0 fully saturated rings. The van der Waals surface area contributed by atoms with Crippen LogP contribution in [0.25, 0.3) is 17.3 Å². The Morgan fingerprint density at radius 3 is 2.12 bits per heavy atom. The molecule has 0 aliphatic carbocycles. The van der Waals surface area contributed by atoms with Crippen molar-refractivity contribution < 1.29 is 14.4 Å². The van der Waals surface area contributed by atoms with Crippen LogP contribution in [0.5, 0.6) is 0 Å². The van der Waals surface area contributed by atoms with Gasteiger partial charge in [0.25, 0.3) is 11.8 Å². The molecular formula is C39H27Cl3N4O3S2. The first-order valence-corrected chi connectivity index (χ1v) is 18.3. The number of amides is 3. The van der Waals surface area contributed by atoms with Crippen molar-refractivity contribution in [3.05, 3.63) is 170 Å². The topological polar surface area (TPSA) is 100 Å². The molecule has 1 aromatic heterocycles. The van der Waals surface area contributed by atoms with E-state index in [1.54, 1.807) is 84.9 Å². The molecule has 3 amide bonds. The van der Waals surface area contributed by atoms with Gasteiger partial charge < -0.3 is 16.0 Å². The lowest BCUT2D eigenvalue weighted by atomic mass is 10.1. The highest BCUT2D eigenvalue weighted by Gasteiger charge is 2.24. The van der Waals surface area contributed by atoms with Gasteiger partial charge >= 0.3 is 0 Å². The van der Waals surface area contributed by atoms with Crippen LogP contribution in [0.2, 0.25) is 15.1 Å². The number of rotatable bonds is 11. The number of thiazole rings is 1. The van der Waals surface area contributed by atoms with E-state index >= 15 is 0 Å². The quantitative estimate of drug-likeness (QED) is 0.0900. The number of carbonyl (C=O) groups is 3. The van der Waals surface area contributed by atoms with Crippen LogP contribution in [0, 0.1) is 0 Å².